The molecule has 3 nitrogen and oxygen atoms in total. The Labute approximate surface area is 123 Å². The number of carbonyl (C=O) groups is 1. The van der Waals surface area contributed by atoms with Gasteiger partial charge in [-0.1, -0.05) is 12.1 Å². The second kappa shape index (κ2) is 6.42. The predicted octanol–water partition coefficient (Wildman–Crippen LogP) is 3.19. The first-order chi connectivity index (χ1) is 9.15. The molecule has 96 valence electrons. The molecule has 19 heavy (non-hydrogen) atoms. The number of halogens is 2. The minimum atomic E-state index is -0.376. The van der Waals surface area contributed by atoms with E-state index in [4.69, 9.17) is 0 Å². The van der Waals surface area contributed by atoms with Crippen molar-refractivity contribution in [3.05, 3.63) is 69.0 Å². The standard InChI is InChI=1S/C14H10FIN2O/c15-12-5-3-11(4-6-12)14(19)18-17-9-10-1-7-13(16)8-2-10/h1-9H,(H,18,19)/b17-9-. The third-order valence-electron chi connectivity index (χ3n) is 2.36. The van der Waals surface area contributed by atoms with Crippen LogP contribution in [-0.4, -0.2) is 12.1 Å². The Kier molecular flexibility index (Phi) is 4.62. The zero-order chi connectivity index (χ0) is 13.7. The van der Waals surface area contributed by atoms with Gasteiger partial charge in [-0.25, -0.2) is 9.82 Å². The first-order valence-electron chi connectivity index (χ1n) is 5.50. The van der Waals surface area contributed by atoms with Crippen LogP contribution in [0.1, 0.15) is 15.9 Å². The predicted molar refractivity (Wildman–Crippen MR) is 80.6 cm³/mol. The summed E-state index contributed by atoms with van der Waals surface area (Å²) in [5.74, 6) is -0.749. The zero-order valence-corrected chi connectivity index (χ0v) is 12.0. The Bertz CT molecular complexity index is 594. The fourth-order valence-electron chi connectivity index (χ4n) is 1.38. The number of rotatable bonds is 3. The second-order valence-corrected chi connectivity index (χ2v) is 5.00. The van der Waals surface area contributed by atoms with Gasteiger partial charge in [-0.2, -0.15) is 5.10 Å². The van der Waals surface area contributed by atoms with Gasteiger partial charge in [0.1, 0.15) is 5.82 Å². The molecule has 0 saturated carbocycles. The molecule has 0 aliphatic carbocycles. The molecule has 0 radical (unpaired) electrons. The smallest absolute Gasteiger partial charge is 0.267 e. The van der Waals surface area contributed by atoms with Gasteiger partial charge in [0.25, 0.3) is 5.91 Å². The first-order valence-corrected chi connectivity index (χ1v) is 6.57. The Hall–Kier alpha value is -1.76. The number of carbonyl (C=O) groups excluding carboxylic acids is 1. The fraction of sp³-hybridized carbons (Fsp3) is 0. The molecular weight excluding hydrogens is 358 g/mol. The van der Waals surface area contributed by atoms with Crippen molar-refractivity contribution in [1.29, 1.82) is 0 Å². The van der Waals surface area contributed by atoms with Crippen LogP contribution in [0.5, 0.6) is 0 Å². The number of nitrogens with zero attached hydrogens (tertiary/aromatic N) is 1. The van der Waals surface area contributed by atoms with E-state index in [0.717, 1.165) is 9.13 Å². The van der Waals surface area contributed by atoms with Gasteiger partial charge in [0.2, 0.25) is 0 Å². The van der Waals surface area contributed by atoms with Crippen molar-refractivity contribution in [1.82, 2.24) is 5.43 Å². The summed E-state index contributed by atoms with van der Waals surface area (Å²) < 4.78 is 13.8. The van der Waals surface area contributed by atoms with Crippen molar-refractivity contribution in [3.63, 3.8) is 0 Å². The normalized spacial score (nSPS) is 10.6. The van der Waals surface area contributed by atoms with E-state index < -0.39 is 0 Å². The molecule has 0 heterocycles. The number of hydrazone groups is 1. The lowest BCUT2D eigenvalue weighted by atomic mass is 10.2. The highest BCUT2D eigenvalue weighted by Crippen LogP contribution is 2.05. The quantitative estimate of drug-likeness (QED) is 0.505. The number of nitrogens with one attached hydrogen (secondary N) is 1. The summed E-state index contributed by atoms with van der Waals surface area (Å²) in [5, 5.41) is 3.85. The van der Waals surface area contributed by atoms with Gasteiger partial charge in [0.15, 0.2) is 0 Å². The third kappa shape index (κ3) is 4.13. The van der Waals surface area contributed by atoms with E-state index in [1.165, 1.54) is 24.3 Å². The molecule has 0 aliphatic rings. The van der Waals surface area contributed by atoms with Crippen molar-refractivity contribution >= 4 is 34.7 Å². The van der Waals surface area contributed by atoms with Crippen LogP contribution in [-0.2, 0) is 0 Å². The summed E-state index contributed by atoms with van der Waals surface area (Å²) in [4.78, 5) is 11.7. The molecule has 2 aromatic rings. The van der Waals surface area contributed by atoms with E-state index in [0.29, 0.717) is 5.56 Å². The summed E-state index contributed by atoms with van der Waals surface area (Å²) in [6.45, 7) is 0. The highest BCUT2D eigenvalue weighted by Gasteiger charge is 2.03. The average Bonchev–Trinajstić information content (AvgIpc) is 2.41. The van der Waals surface area contributed by atoms with Crippen LogP contribution in [0.2, 0.25) is 0 Å². The minimum Gasteiger partial charge on any atom is -0.267 e. The molecular formula is C14H10FIN2O. The van der Waals surface area contributed by atoms with Gasteiger partial charge in [0, 0.05) is 9.13 Å². The van der Waals surface area contributed by atoms with Crippen LogP contribution >= 0.6 is 22.6 Å². The van der Waals surface area contributed by atoms with E-state index in [1.54, 1.807) is 6.21 Å². The van der Waals surface area contributed by atoms with Crippen molar-refractivity contribution in [3.8, 4) is 0 Å². The van der Waals surface area contributed by atoms with Crippen LogP contribution < -0.4 is 5.43 Å². The summed E-state index contributed by atoms with van der Waals surface area (Å²) in [5.41, 5.74) is 3.64. The molecule has 0 fully saturated rings. The molecule has 1 N–H and O–H groups in total. The molecule has 0 saturated heterocycles. The molecule has 0 atom stereocenters. The van der Waals surface area contributed by atoms with Crippen molar-refractivity contribution in [2.24, 2.45) is 5.10 Å². The molecule has 2 aromatic carbocycles. The molecule has 0 aromatic heterocycles. The van der Waals surface area contributed by atoms with Crippen molar-refractivity contribution in [2.75, 3.05) is 0 Å². The van der Waals surface area contributed by atoms with E-state index in [2.05, 4.69) is 33.1 Å². The van der Waals surface area contributed by atoms with Gasteiger partial charge in [-0.3, -0.25) is 4.79 Å². The molecule has 0 unspecified atom stereocenters. The summed E-state index contributed by atoms with van der Waals surface area (Å²) in [6, 6.07) is 13.0. The number of amides is 1. The summed E-state index contributed by atoms with van der Waals surface area (Å²) >= 11 is 2.21. The third-order valence-corrected chi connectivity index (χ3v) is 3.08. The minimum absolute atomic E-state index is 0.362. The largest absolute Gasteiger partial charge is 0.271 e. The average molecular weight is 368 g/mol. The number of benzene rings is 2. The van der Waals surface area contributed by atoms with Crippen molar-refractivity contribution in [2.45, 2.75) is 0 Å². The van der Waals surface area contributed by atoms with Gasteiger partial charge in [0.05, 0.1) is 6.21 Å². The maximum atomic E-state index is 12.7. The molecule has 0 spiro atoms. The maximum absolute atomic E-state index is 12.7. The molecule has 2 rings (SSSR count). The van der Waals surface area contributed by atoms with Gasteiger partial charge >= 0.3 is 0 Å². The molecule has 1 amide bonds. The Morgan fingerprint density at radius 1 is 1.11 bits per heavy atom. The van der Waals surface area contributed by atoms with Crippen molar-refractivity contribution < 1.29 is 9.18 Å². The van der Waals surface area contributed by atoms with Crippen LogP contribution in [0.25, 0.3) is 0 Å². The van der Waals surface area contributed by atoms with Gasteiger partial charge in [-0.15, -0.1) is 0 Å². The van der Waals surface area contributed by atoms with Gasteiger partial charge < -0.3 is 0 Å². The summed E-state index contributed by atoms with van der Waals surface area (Å²) in [6.07, 6.45) is 1.55. The SMILES string of the molecule is O=C(N/N=C\c1ccc(I)cc1)c1ccc(F)cc1. The lowest BCUT2D eigenvalue weighted by Gasteiger charge is -1.99. The number of hydrogen-bond donors (Lipinski definition) is 1. The lowest BCUT2D eigenvalue weighted by Crippen LogP contribution is -2.17. The highest BCUT2D eigenvalue weighted by molar-refractivity contribution is 14.1. The Morgan fingerprint density at radius 2 is 1.74 bits per heavy atom. The molecule has 0 aliphatic heterocycles. The van der Waals surface area contributed by atoms with E-state index in [9.17, 15) is 9.18 Å². The highest BCUT2D eigenvalue weighted by atomic mass is 127. The Morgan fingerprint density at radius 3 is 2.37 bits per heavy atom. The molecule has 5 heteroatoms. The fourth-order valence-corrected chi connectivity index (χ4v) is 1.74. The molecule has 0 bridgehead atoms. The monoisotopic (exact) mass is 368 g/mol. The first kappa shape index (κ1) is 13.7. The van der Waals surface area contributed by atoms with Gasteiger partial charge in [-0.05, 0) is 64.6 Å². The van der Waals surface area contributed by atoms with Crippen LogP contribution in [0.15, 0.2) is 53.6 Å². The number of hydrogen-bond acceptors (Lipinski definition) is 2. The second-order valence-electron chi connectivity index (χ2n) is 3.76. The van der Waals surface area contributed by atoms with E-state index in [1.807, 2.05) is 24.3 Å². The van der Waals surface area contributed by atoms with Crippen LogP contribution in [0.4, 0.5) is 4.39 Å². The van der Waals surface area contributed by atoms with E-state index in [-0.39, 0.29) is 11.7 Å². The van der Waals surface area contributed by atoms with Crippen LogP contribution in [0.3, 0.4) is 0 Å². The summed E-state index contributed by atoms with van der Waals surface area (Å²) in [7, 11) is 0. The maximum Gasteiger partial charge on any atom is 0.271 e. The Balaban J connectivity index is 1.96. The topological polar surface area (TPSA) is 41.5 Å². The van der Waals surface area contributed by atoms with Crippen LogP contribution in [0, 0.1) is 9.39 Å². The zero-order valence-electron chi connectivity index (χ0n) is 9.81. The lowest BCUT2D eigenvalue weighted by molar-refractivity contribution is 0.0955. The van der Waals surface area contributed by atoms with E-state index >= 15 is 0 Å².